The van der Waals surface area contributed by atoms with Crippen molar-refractivity contribution in [1.82, 2.24) is 10.2 Å². The van der Waals surface area contributed by atoms with Crippen LogP contribution in [-0.2, 0) is 14.3 Å². The lowest BCUT2D eigenvalue weighted by atomic mass is 9.92. The van der Waals surface area contributed by atoms with E-state index >= 15 is 0 Å². The SMILES string of the molecule is CO[C@H](C)[C@H](NC(=O)[C@@H]1CCCN1C)[C@H]1O[C@@H](SCCO)[C@H](O)[C@@H](O)[C@@H]1O. The number of nitrogens with zero attached hydrogens (tertiary/aromatic N) is 1. The van der Waals surface area contributed by atoms with Gasteiger partial charge in [0.15, 0.2) is 0 Å². The lowest BCUT2D eigenvalue weighted by Gasteiger charge is -2.44. The molecule has 0 aliphatic carbocycles. The molecule has 2 aliphatic rings. The van der Waals surface area contributed by atoms with Crippen molar-refractivity contribution >= 4 is 17.7 Å². The maximum absolute atomic E-state index is 12.7. The van der Waals surface area contributed by atoms with Gasteiger partial charge in [0, 0.05) is 12.9 Å². The molecular formula is C17H32N2O7S. The first-order valence-electron chi connectivity index (χ1n) is 9.27. The molecule has 0 aromatic heterocycles. The fourth-order valence-electron chi connectivity index (χ4n) is 3.59. The first kappa shape index (κ1) is 22.8. The van der Waals surface area contributed by atoms with Gasteiger partial charge in [-0.25, -0.2) is 0 Å². The van der Waals surface area contributed by atoms with E-state index in [2.05, 4.69) is 5.32 Å². The van der Waals surface area contributed by atoms with E-state index in [4.69, 9.17) is 14.6 Å². The third-order valence-electron chi connectivity index (χ3n) is 5.34. The Morgan fingerprint density at radius 1 is 1.33 bits per heavy atom. The van der Waals surface area contributed by atoms with Gasteiger partial charge in [-0.3, -0.25) is 9.69 Å². The normalized spacial score (nSPS) is 37.1. The highest BCUT2D eigenvalue weighted by Crippen LogP contribution is 2.31. The fourth-order valence-corrected chi connectivity index (χ4v) is 4.49. The molecule has 0 aromatic rings. The number of methoxy groups -OCH3 is 1. The predicted octanol–water partition coefficient (Wildman–Crippen LogP) is -1.87. The number of hydrogen-bond donors (Lipinski definition) is 5. The number of aliphatic hydroxyl groups excluding tert-OH is 4. The van der Waals surface area contributed by atoms with Gasteiger partial charge in [0.2, 0.25) is 5.91 Å². The van der Waals surface area contributed by atoms with E-state index in [9.17, 15) is 20.1 Å². The van der Waals surface area contributed by atoms with E-state index in [-0.39, 0.29) is 18.6 Å². The van der Waals surface area contributed by atoms with Crippen LogP contribution in [0.1, 0.15) is 19.8 Å². The zero-order valence-corrected chi connectivity index (χ0v) is 16.8. The van der Waals surface area contributed by atoms with E-state index in [0.717, 1.165) is 31.1 Å². The molecule has 158 valence electrons. The Hall–Kier alpha value is -0.460. The lowest BCUT2D eigenvalue weighted by Crippen LogP contribution is -2.66. The summed E-state index contributed by atoms with van der Waals surface area (Å²) in [6.45, 7) is 2.48. The van der Waals surface area contributed by atoms with Crippen molar-refractivity contribution in [2.75, 3.05) is 33.1 Å². The minimum absolute atomic E-state index is 0.108. The Kier molecular flexibility index (Phi) is 8.75. The summed E-state index contributed by atoms with van der Waals surface area (Å²) in [5.74, 6) is 0.126. The number of rotatable bonds is 8. The Labute approximate surface area is 164 Å². The highest BCUT2D eigenvalue weighted by molar-refractivity contribution is 7.99. The van der Waals surface area contributed by atoms with Crippen molar-refractivity contribution in [3.05, 3.63) is 0 Å². The molecule has 5 N–H and O–H groups in total. The third-order valence-corrected chi connectivity index (χ3v) is 6.48. The van der Waals surface area contributed by atoms with Gasteiger partial charge in [-0.05, 0) is 33.4 Å². The minimum atomic E-state index is -1.43. The van der Waals surface area contributed by atoms with Gasteiger partial charge in [-0.2, -0.15) is 0 Å². The number of nitrogens with one attached hydrogen (secondary N) is 1. The number of amides is 1. The van der Waals surface area contributed by atoms with Gasteiger partial charge in [0.25, 0.3) is 0 Å². The molecule has 10 heteroatoms. The number of carbonyl (C=O) groups is 1. The van der Waals surface area contributed by atoms with Crippen molar-refractivity contribution < 1.29 is 34.7 Å². The summed E-state index contributed by atoms with van der Waals surface area (Å²) in [6, 6.07) is -0.974. The molecule has 9 nitrogen and oxygen atoms in total. The molecule has 1 amide bonds. The minimum Gasteiger partial charge on any atom is -0.396 e. The number of ether oxygens (including phenoxy) is 2. The van der Waals surface area contributed by atoms with Gasteiger partial charge in [-0.15, -0.1) is 11.8 Å². The molecule has 0 spiro atoms. The van der Waals surface area contributed by atoms with E-state index in [1.807, 2.05) is 11.9 Å². The topological polar surface area (TPSA) is 132 Å². The van der Waals surface area contributed by atoms with Crippen molar-refractivity contribution in [2.24, 2.45) is 0 Å². The summed E-state index contributed by atoms with van der Waals surface area (Å²) in [4.78, 5) is 14.7. The summed E-state index contributed by atoms with van der Waals surface area (Å²) in [7, 11) is 3.38. The first-order valence-corrected chi connectivity index (χ1v) is 10.3. The molecule has 2 rings (SSSR count). The predicted molar refractivity (Wildman–Crippen MR) is 100 cm³/mol. The molecule has 27 heavy (non-hydrogen) atoms. The Morgan fingerprint density at radius 3 is 2.59 bits per heavy atom. The number of aliphatic hydroxyl groups is 4. The molecule has 0 saturated carbocycles. The van der Waals surface area contributed by atoms with Crippen molar-refractivity contribution in [3.8, 4) is 0 Å². The van der Waals surface area contributed by atoms with Crippen LogP contribution in [0.15, 0.2) is 0 Å². The van der Waals surface area contributed by atoms with Crippen molar-refractivity contribution in [1.29, 1.82) is 0 Å². The maximum atomic E-state index is 12.7. The van der Waals surface area contributed by atoms with Crippen LogP contribution in [0.3, 0.4) is 0 Å². The quantitative estimate of drug-likeness (QED) is 0.313. The molecule has 0 radical (unpaired) electrons. The summed E-state index contributed by atoms with van der Waals surface area (Å²) in [6.07, 6.45) is -3.90. The zero-order chi connectivity index (χ0) is 20.1. The summed E-state index contributed by atoms with van der Waals surface area (Å²) in [5, 5.41) is 42.8. The molecule has 2 saturated heterocycles. The average molecular weight is 409 g/mol. The fraction of sp³-hybridized carbons (Fsp3) is 0.941. The van der Waals surface area contributed by atoms with Gasteiger partial charge in [-0.1, -0.05) is 0 Å². The second-order valence-electron chi connectivity index (χ2n) is 7.15. The van der Waals surface area contributed by atoms with Crippen molar-refractivity contribution in [2.45, 2.75) is 67.8 Å². The van der Waals surface area contributed by atoms with Gasteiger partial charge in [0.1, 0.15) is 29.9 Å². The second-order valence-corrected chi connectivity index (χ2v) is 8.36. The Bertz CT molecular complexity index is 486. The number of hydrogen-bond acceptors (Lipinski definition) is 9. The summed E-state index contributed by atoms with van der Waals surface area (Å²) in [5.41, 5.74) is -0.835. The standard InChI is InChI=1S/C17H32N2O7S/c1-9(25-3)11(18-16(24)10-5-4-6-19(10)2)15-13(22)12(21)14(23)17(26-15)27-8-7-20/h9-15,17,20-23H,4-8H2,1-3H3,(H,18,24)/t9-,10+,11+,12+,13+,14-,15-,17+/m1/s1. The molecular weight excluding hydrogens is 376 g/mol. The number of thioether (sulfide) groups is 1. The molecule has 0 unspecified atom stereocenters. The Balaban J connectivity index is 2.16. The van der Waals surface area contributed by atoms with Gasteiger partial charge < -0.3 is 35.2 Å². The van der Waals surface area contributed by atoms with E-state index < -0.39 is 42.0 Å². The number of carbonyl (C=O) groups excluding carboxylic acids is 1. The Morgan fingerprint density at radius 2 is 2.04 bits per heavy atom. The van der Waals surface area contributed by atoms with Crippen LogP contribution >= 0.6 is 11.8 Å². The summed E-state index contributed by atoms with van der Waals surface area (Å²) >= 11 is 1.14. The van der Waals surface area contributed by atoms with Crippen LogP contribution in [0.5, 0.6) is 0 Å². The molecule has 8 atom stereocenters. The highest BCUT2D eigenvalue weighted by atomic mass is 32.2. The van der Waals surface area contributed by atoms with Crippen LogP contribution in [0.4, 0.5) is 0 Å². The smallest absolute Gasteiger partial charge is 0.237 e. The van der Waals surface area contributed by atoms with Gasteiger partial charge >= 0.3 is 0 Å². The van der Waals surface area contributed by atoms with Crippen LogP contribution in [0.25, 0.3) is 0 Å². The summed E-state index contributed by atoms with van der Waals surface area (Å²) < 4.78 is 11.2. The monoisotopic (exact) mass is 408 g/mol. The maximum Gasteiger partial charge on any atom is 0.237 e. The molecule has 2 aliphatic heterocycles. The van der Waals surface area contributed by atoms with Crippen molar-refractivity contribution in [3.63, 3.8) is 0 Å². The van der Waals surface area contributed by atoms with Crippen LogP contribution in [-0.4, -0.2) is 112 Å². The van der Waals surface area contributed by atoms with Crippen LogP contribution < -0.4 is 5.32 Å². The van der Waals surface area contributed by atoms with Crippen LogP contribution in [0, 0.1) is 0 Å². The van der Waals surface area contributed by atoms with E-state index in [0.29, 0.717) is 5.75 Å². The highest BCUT2D eigenvalue weighted by Gasteiger charge is 2.48. The molecule has 0 bridgehead atoms. The number of likely N-dealkylation sites (tertiary alicyclic amines) is 1. The second kappa shape index (κ2) is 10.4. The van der Waals surface area contributed by atoms with Crippen LogP contribution in [0.2, 0.25) is 0 Å². The molecule has 0 aromatic carbocycles. The molecule has 2 heterocycles. The molecule has 2 fully saturated rings. The average Bonchev–Trinajstić information content (AvgIpc) is 3.09. The third kappa shape index (κ3) is 5.33. The first-order chi connectivity index (χ1) is 12.8. The van der Waals surface area contributed by atoms with Gasteiger partial charge in [0.05, 0.1) is 24.8 Å². The van der Waals surface area contributed by atoms with E-state index in [1.54, 1.807) is 6.92 Å². The van der Waals surface area contributed by atoms with E-state index in [1.165, 1.54) is 7.11 Å². The largest absolute Gasteiger partial charge is 0.396 e. The number of likely N-dealkylation sites (N-methyl/N-ethyl adjacent to an activating group) is 1. The zero-order valence-electron chi connectivity index (χ0n) is 16.0. The lowest BCUT2D eigenvalue weighted by molar-refractivity contribution is -0.212.